The average Bonchev–Trinajstić information content (AvgIpc) is 1.31. The van der Waals surface area contributed by atoms with E-state index < -0.39 is 13.0 Å². The van der Waals surface area contributed by atoms with Crippen LogP contribution in [0.4, 0.5) is 0 Å². The molecule has 0 spiro atoms. The van der Waals surface area contributed by atoms with Crippen molar-refractivity contribution < 1.29 is 9.22 Å². The molecule has 0 heterocycles. The van der Waals surface area contributed by atoms with Gasteiger partial charge in [-0.3, -0.25) is 0 Å². The fraction of sp³-hybridized carbons (Fsp3) is 1.00. The Bertz CT molecular complexity index is 55.7. The second-order valence-corrected chi connectivity index (χ2v) is 0.676. The van der Waals surface area contributed by atoms with Gasteiger partial charge in [0.05, 0.1) is 0 Å². The van der Waals surface area contributed by atoms with Crippen molar-refractivity contribution in [3.05, 3.63) is 0 Å². The van der Waals surface area contributed by atoms with Gasteiger partial charge in [-0.05, 0) is 13.8 Å². The lowest BCUT2D eigenvalue weighted by molar-refractivity contribution is 0.216. The van der Waals surface area contributed by atoms with Crippen molar-refractivity contribution in [2.24, 2.45) is 0 Å². The van der Waals surface area contributed by atoms with Crippen molar-refractivity contribution in [1.29, 1.82) is 0 Å². The van der Waals surface area contributed by atoms with E-state index >= 15 is 0 Å². The molecular formula is C3H8O. The Morgan fingerprint density at radius 2 is 2.50 bits per heavy atom. The highest BCUT2D eigenvalue weighted by atomic mass is 16.3. The van der Waals surface area contributed by atoms with Gasteiger partial charge in [-0.1, -0.05) is 0 Å². The fourth-order valence-corrected chi connectivity index (χ4v) is 0. The summed E-state index contributed by atoms with van der Waals surface area (Å²) in [5.41, 5.74) is 0. The minimum atomic E-state index is -2.19. The van der Waals surface area contributed by atoms with Crippen LogP contribution in [0.5, 0.6) is 0 Å². The van der Waals surface area contributed by atoms with E-state index in [0.717, 1.165) is 0 Å². The summed E-state index contributed by atoms with van der Waals surface area (Å²) in [6.07, 6.45) is -1.20. The van der Waals surface area contributed by atoms with Crippen molar-refractivity contribution >= 4 is 0 Å². The summed E-state index contributed by atoms with van der Waals surface area (Å²) in [5, 5.41) is 8.33. The van der Waals surface area contributed by atoms with Crippen molar-refractivity contribution in [3.63, 3.8) is 0 Å². The van der Waals surface area contributed by atoms with E-state index in [2.05, 4.69) is 0 Å². The molecule has 0 saturated carbocycles. The van der Waals surface area contributed by atoms with E-state index in [9.17, 15) is 0 Å². The third kappa shape index (κ3) is 1130. The largest absolute Gasteiger partial charge is 0.394 e. The average molecular weight is 63.1 g/mol. The van der Waals surface area contributed by atoms with Gasteiger partial charge in [0.15, 0.2) is 0 Å². The molecule has 1 heteroatoms. The van der Waals surface area contributed by atoms with E-state index in [-0.39, 0.29) is 0 Å². The Labute approximate surface area is 30.5 Å². The van der Waals surface area contributed by atoms with E-state index in [1.54, 1.807) is 0 Å². The highest BCUT2D eigenvalue weighted by Gasteiger charge is 1.69. The first-order valence-electron chi connectivity index (χ1n) is 2.62. The smallest absolute Gasteiger partial charge is 0.0483 e. The molecule has 0 aliphatic heterocycles. The highest BCUT2D eigenvalue weighted by Crippen LogP contribution is 1.65. The monoisotopic (exact) mass is 63.1 g/mol. The van der Waals surface area contributed by atoms with Crippen LogP contribution in [0.2, 0.25) is 0 Å². The van der Waals surface area contributed by atoms with Gasteiger partial charge in [0.25, 0.3) is 0 Å². The maximum atomic E-state index is 8.33. The lowest BCUT2D eigenvalue weighted by atomic mass is 10.5. The van der Waals surface area contributed by atoms with Crippen LogP contribution in [0.1, 0.15) is 17.9 Å². The summed E-state index contributed by atoms with van der Waals surface area (Å²) in [4.78, 5) is 0. The lowest BCUT2D eigenvalue weighted by Crippen LogP contribution is -1.85. The normalized spacial score (nSPS) is 30.0. The predicted molar refractivity (Wildman–Crippen MR) is 17.4 cm³/mol. The SMILES string of the molecule is [2H]C([2H])([2H])[C@H](C)O. The summed E-state index contributed by atoms with van der Waals surface area (Å²) in [5.74, 6) is 0. The Hall–Kier alpha value is -0.0400. The van der Waals surface area contributed by atoms with Crippen LogP contribution in [-0.2, 0) is 0 Å². The molecule has 0 amide bonds. The second kappa shape index (κ2) is 1.30. The van der Waals surface area contributed by atoms with Gasteiger partial charge in [0, 0.05) is 10.2 Å². The zero-order chi connectivity index (χ0) is 6.08. The van der Waals surface area contributed by atoms with Gasteiger partial charge in [0.1, 0.15) is 0 Å². The van der Waals surface area contributed by atoms with Crippen molar-refractivity contribution in [2.75, 3.05) is 0 Å². The molecule has 1 nitrogen and oxygen atoms in total. The van der Waals surface area contributed by atoms with Crippen LogP contribution in [0, 0.1) is 0 Å². The molecule has 0 aliphatic rings. The number of aliphatic hydroxyl groups is 1. The van der Waals surface area contributed by atoms with Crippen molar-refractivity contribution in [2.45, 2.75) is 19.9 Å². The van der Waals surface area contributed by atoms with E-state index in [1.165, 1.54) is 6.92 Å². The lowest BCUT2D eigenvalue weighted by Gasteiger charge is -1.80. The van der Waals surface area contributed by atoms with Crippen LogP contribution in [0.3, 0.4) is 0 Å². The number of hydrogen-bond donors (Lipinski definition) is 1. The molecular weight excluding hydrogens is 52.0 g/mol. The van der Waals surface area contributed by atoms with Gasteiger partial charge < -0.3 is 5.11 Å². The first-order chi connectivity index (χ1) is 2.94. The molecule has 0 aromatic heterocycles. The minimum absolute atomic E-state index is 1.20. The number of hydrogen-bond acceptors (Lipinski definition) is 1. The topological polar surface area (TPSA) is 20.2 Å². The Morgan fingerprint density at radius 3 is 2.50 bits per heavy atom. The minimum Gasteiger partial charge on any atom is -0.394 e. The summed E-state index contributed by atoms with van der Waals surface area (Å²) in [6.45, 7) is -0.951. The zero-order valence-electron chi connectivity index (χ0n) is 5.52. The zero-order valence-corrected chi connectivity index (χ0v) is 2.52. The summed E-state index contributed by atoms with van der Waals surface area (Å²) < 4.78 is 19.4. The van der Waals surface area contributed by atoms with Crippen LogP contribution in [0.15, 0.2) is 0 Å². The molecule has 0 fully saturated rings. The van der Waals surface area contributed by atoms with Gasteiger partial charge in [-0.25, -0.2) is 0 Å². The molecule has 0 unspecified atom stereocenters. The van der Waals surface area contributed by atoms with Crippen molar-refractivity contribution in [3.8, 4) is 0 Å². The van der Waals surface area contributed by atoms with Gasteiger partial charge in [-0.2, -0.15) is 0 Å². The van der Waals surface area contributed by atoms with Gasteiger partial charge >= 0.3 is 0 Å². The Morgan fingerprint density at radius 1 is 2.25 bits per heavy atom. The first kappa shape index (κ1) is 0.977. The van der Waals surface area contributed by atoms with Crippen LogP contribution >= 0.6 is 0 Å². The number of rotatable bonds is 0. The van der Waals surface area contributed by atoms with Crippen LogP contribution in [0.25, 0.3) is 0 Å². The molecule has 0 bridgehead atoms. The highest BCUT2D eigenvalue weighted by molar-refractivity contribution is 4.20. The van der Waals surface area contributed by atoms with Gasteiger partial charge in [-0.15, -0.1) is 0 Å². The summed E-state index contributed by atoms with van der Waals surface area (Å²) in [6, 6.07) is 0. The Kier molecular flexibility index (Phi) is 0.317. The molecule has 0 radical (unpaired) electrons. The molecule has 0 aliphatic carbocycles. The molecule has 0 aromatic carbocycles. The van der Waals surface area contributed by atoms with E-state index in [4.69, 9.17) is 9.22 Å². The first-order valence-corrected chi connectivity index (χ1v) is 1.12. The molecule has 0 aromatic rings. The number of aliphatic hydroxyl groups excluding tert-OH is 1. The fourth-order valence-electron chi connectivity index (χ4n) is 0. The second-order valence-electron chi connectivity index (χ2n) is 0.676. The summed E-state index contributed by atoms with van der Waals surface area (Å²) >= 11 is 0. The third-order valence-corrected chi connectivity index (χ3v) is 0. The molecule has 1 atom stereocenters. The van der Waals surface area contributed by atoms with Gasteiger partial charge in [0.2, 0.25) is 0 Å². The summed E-state index contributed by atoms with van der Waals surface area (Å²) in [7, 11) is 0. The molecule has 0 rings (SSSR count). The van der Waals surface area contributed by atoms with E-state index in [0.29, 0.717) is 0 Å². The van der Waals surface area contributed by atoms with Crippen molar-refractivity contribution in [1.82, 2.24) is 0 Å². The molecule has 1 N–H and O–H groups in total. The molecule has 26 valence electrons. The maximum Gasteiger partial charge on any atom is 0.0483 e. The molecule has 0 saturated heterocycles. The predicted octanol–water partition coefficient (Wildman–Crippen LogP) is 0.387. The Balaban J connectivity index is 3.54. The van der Waals surface area contributed by atoms with Crippen LogP contribution in [-0.4, -0.2) is 11.2 Å². The standard InChI is InChI=1S/C3H8O/c1-3(2)4/h3-4H,1-2H3/i1D3/t3-/m1/s1. The third-order valence-electron chi connectivity index (χ3n) is 0. The van der Waals surface area contributed by atoms with Crippen LogP contribution < -0.4 is 0 Å². The molecule has 4 heavy (non-hydrogen) atoms. The van der Waals surface area contributed by atoms with E-state index in [1.807, 2.05) is 0 Å². The maximum absolute atomic E-state index is 8.33. The quantitative estimate of drug-likeness (QED) is 0.431.